The van der Waals surface area contributed by atoms with Gasteiger partial charge in [0.15, 0.2) is 0 Å². The fraction of sp³-hybridized carbons (Fsp3) is 1.00. The van der Waals surface area contributed by atoms with Crippen LogP contribution in [0, 0.1) is 0 Å². The van der Waals surface area contributed by atoms with E-state index < -0.39 is 0 Å². The van der Waals surface area contributed by atoms with E-state index in [2.05, 4.69) is 32.6 Å². The minimum absolute atomic E-state index is 0.726. The summed E-state index contributed by atoms with van der Waals surface area (Å²) in [5, 5.41) is 0. The lowest BCUT2D eigenvalue weighted by Gasteiger charge is -2.26. The van der Waals surface area contributed by atoms with Crippen molar-refractivity contribution >= 4 is 0 Å². The second kappa shape index (κ2) is 9.51. The van der Waals surface area contributed by atoms with Crippen LogP contribution in [0.4, 0.5) is 0 Å². The second-order valence-electron chi connectivity index (χ2n) is 4.54. The molecule has 0 aromatic heterocycles. The van der Waals surface area contributed by atoms with Crippen LogP contribution in [-0.2, 0) is 0 Å². The third-order valence-electron chi connectivity index (χ3n) is 2.83. The average molecular weight is 199 g/mol. The highest BCUT2D eigenvalue weighted by Crippen LogP contribution is 2.06. The first-order valence-corrected chi connectivity index (χ1v) is 6.46. The summed E-state index contributed by atoms with van der Waals surface area (Å²) in [4.78, 5) is 2.63. The number of nitrogens with zero attached hydrogens (tertiary/aromatic N) is 1. The summed E-state index contributed by atoms with van der Waals surface area (Å²) in [5.41, 5.74) is 0. The van der Waals surface area contributed by atoms with Crippen molar-refractivity contribution in [2.45, 2.75) is 72.3 Å². The summed E-state index contributed by atoms with van der Waals surface area (Å²) in [7, 11) is 0. The highest BCUT2D eigenvalue weighted by Gasteiger charge is 2.07. The Morgan fingerprint density at radius 3 is 1.50 bits per heavy atom. The Bertz CT molecular complexity index is 99.8. The zero-order valence-electron chi connectivity index (χ0n) is 10.7. The maximum absolute atomic E-state index is 2.63. The predicted octanol–water partition coefficient (Wildman–Crippen LogP) is 4.08. The Morgan fingerprint density at radius 1 is 0.786 bits per heavy atom. The average Bonchev–Trinajstić information content (AvgIpc) is 2.15. The van der Waals surface area contributed by atoms with E-state index in [-0.39, 0.29) is 0 Å². The quantitative estimate of drug-likeness (QED) is 0.506. The van der Waals surface area contributed by atoms with Crippen molar-refractivity contribution in [2.75, 3.05) is 13.1 Å². The van der Waals surface area contributed by atoms with E-state index in [0.717, 1.165) is 6.04 Å². The van der Waals surface area contributed by atoms with E-state index >= 15 is 0 Å². The van der Waals surface area contributed by atoms with Crippen LogP contribution in [0.5, 0.6) is 0 Å². The van der Waals surface area contributed by atoms with E-state index in [1.54, 1.807) is 0 Å². The Balaban J connectivity index is 3.55. The summed E-state index contributed by atoms with van der Waals surface area (Å²) in [5.74, 6) is 0. The zero-order chi connectivity index (χ0) is 10.8. The van der Waals surface area contributed by atoms with Crippen LogP contribution in [0.25, 0.3) is 0 Å². The maximum atomic E-state index is 2.63. The lowest BCUT2D eigenvalue weighted by atomic mass is 10.2. The summed E-state index contributed by atoms with van der Waals surface area (Å²) >= 11 is 0. The van der Waals surface area contributed by atoms with Crippen molar-refractivity contribution in [3.05, 3.63) is 0 Å². The molecule has 0 spiro atoms. The summed E-state index contributed by atoms with van der Waals surface area (Å²) in [6.07, 6.45) is 8.19. The number of hydrogen-bond acceptors (Lipinski definition) is 1. The van der Waals surface area contributed by atoms with Crippen LogP contribution in [0.15, 0.2) is 0 Å². The molecule has 0 atom stereocenters. The fourth-order valence-corrected chi connectivity index (χ4v) is 1.76. The van der Waals surface area contributed by atoms with Crippen LogP contribution in [0.1, 0.15) is 66.2 Å². The van der Waals surface area contributed by atoms with Crippen molar-refractivity contribution in [3.8, 4) is 0 Å². The molecule has 0 bridgehead atoms. The molecule has 0 heterocycles. The monoisotopic (exact) mass is 199 g/mol. The van der Waals surface area contributed by atoms with Crippen molar-refractivity contribution in [2.24, 2.45) is 0 Å². The minimum atomic E-state index is 0.726. The van der Waals surface area contributed by atoms with Gasteiger partial charge >= 0.3 is 0 Å². The third kappa shape index (κ3) is 7.37. The molecular formula is C13H29N. The summed E-state index contributed by atoms with van der Waals surface area (Å²) < 4.78 is 0. The summed E-state index contributed by atoms with van der Waals surface area (Å²) in [6.45, 7) is 11.8. The maximum Gasteiger partial charge on any atom is 0.00385 e. The molecule has 86 valence electrons. The third-order valence-corrected chi connectivity index (χ3v) is 2.83. The molecule has 1 heteroatoms. The van der Waals surface area contributed by atoms with Crippen molar-refractivity contribution in [1.82, 2.24) is 4.90 Å². The molecule has 0 saturated heterocycles. The Morgan fingerprint density at radius 2 is 1.21 bits per heavy atom. The topological polar surface area (TPSA) is 3.24 Å². The molecule has 0 aromatic rings. The first-order valence-electron chi connectivity index (χ1n) is 6.46. The van der Waals surface area contributed by atoms with Gasteiger partial charge in [0.2, 0.25) is 0 Å². The van der Waals surface area contributed by atoms with Crippen LogP contribution in [0.3, 0.4) is 0 Å². The zero-order valence-corrected chi connectivity index (χ0v) is 10.7. The second-order valence-corrected chi connectivity index (χ2v) is 4.54. The SMILES string of the molecule is CCCCCN(CCCCC)C(C)C. The van der Waals surface area contributed by atoms with Gasteiger partial charge in [0.05, 0.1) is 0 Å². The predicted molar refractivity (Wildman–Crippen MR) is 65.8 cm³/mol. The lowest BCUT2D eigenvalue weighted by molar-refractivity contribution is 0.213. The molecule has 0 aliphatic heterocycles. The molecule has 0 aliphatic rings. The van der Waals surface area contributed by atoms with Gasteiger partial charge in [-0.15, -0.1) is 0 Å². The first kappa shape index (κ1) is 14.0. The van der Waals surface area contributed by atoms with Crippen molar-refractivity contribution in [3.63, 3.8) is 0 Å². The van der Waals surface area contributed by atoms with Gasteiger partial charge < -0.3 is 4.90 Å². The van der Waals surface area contributed by atoms with Gasteiger partial charge in [0.25, 0.3) is 0 Å². The van der Waals surface area contributed by atoms with Crippen molar-refractivity contribution in [1.29, 1.82) is 0 Å². The number of rotatable bonds is 9. The molecule has 0 unspecified atom stereocenters. The van der Waals surface area contributed by atoms with Gasteiger partial charge in [0.1, 0.15) is 0 Å². The Labute approximate surface area is 90.9 Å². The van der Waals surface area contributed by atoms with Crippen LogP contribution in [-0.4, -0.2) is 24.0 Å². The molecule has 0 fully saturated rings. The number of hydrogen-bond donors (Lipinski definition) is 0. The van der Waals surface area contributed by atoms with E-state index in [1.807, 2.05) is 0 Å². The Hall–Kier alpha value is -0.0400. The molecule has 0 N–H and O–H groups in total. The van der Waals surface area contributed by atoms with Crippen molar-refractivity contribution < 1.29 is 0 Å². The van der Waals surface area contributed by atoms with Crippen LogP contribution < -0.4 is 0 Å². The first-order chi connectivity index (χ1) is 6.72. The van der Waals surface area contributed by atoms with Gasteiger partial charge in [-0.25, -0.2) is 0 Å². The van der Waals surface area contributed by atoms with Gasteiger partial charge in [-0.3, -0.25) is 0 Å². The largest absolute Gasteiger partial charge is 0.301 e. The summed E-state index contributed by atoms with van der Waals surface area (Å²) in [6, 6.07) is 0.726. The lowest BCUT2D eigenvalue weighted by Crippen LogP contribution is -2.32. The normalized spacial score (nSPS) is 11.6. The smallest absolute Gasteiger partial charge is 0.00385 e. The molecule has 0 aliphatic carbocycles. The number of unbranched alkanes of at least 4 members (excludes halogenated alkanes) is 4. The molecule has 0 radical (unpaired) electrons. The molecule has 0 amide bonds. The molecular weight excluding hydrogens is 170 g/mol. The van der Waals surface area contributed by atoms with Gasteiger partial charge in [-0.2, -0.15) is 0 Å². The van der Waals surface area contributed by atoms with Gasteiger partial charge in [0, 0.05) is 6.04 Å². The molecule has 0 aromatic carbocycles. The molecule has 0 rings (SSSR count). The Kier molecular flexibility index (Phi) is 9.49. The van der Waals surface area contributed by atoms with E-state index in [1.165, 1.54) is 51.6 Å². The molecule has 14 heavy (non-hydrogen) atoms. The minimum Gasteiger partial charge on any atom is -0.301 e. The van der Waals surface area contributed by atoms with Crippen LogP contribution >= 0.6 is 0 Å². The van der Waals surface area contributed by atoms with Gasteiger partial charge in [-0.1, -0.05) is 39.5 Å². The van der Waals surface area contributed by atoms with Crippen LogP contribution in [0.2, 0.25) is 0 Å². The van der Waals surface area contributed by atoms with E-state index in [4.69, 9.17) is 0 Å². The molecule has 0 saturated carbocycles. The highest BCUT2D eigenvalue weighted by atomic mass is 15.1. The molecule has 1 nitrogen and oxygen atoms in total. The van der Waals surface area contributed by atoms with E-state index in [0.29, 0.717) is 0 Å². The standard InChI is InChI=1S/C13H29N/c1-5-7-9-11-14(13(3)4)12-10-8-6-2/h13H,5-12H2,1-4H3. The van der Waals surface area contributed by atoms with E-state index in [9.17, 15) is 0 Å². The van der Waals surface area contributed by atoms with Gasteiger partial charge in [-0.05, 0) is 39.8 Å². The highest BCUT2D eigenvalue weighted by molar-refractivity contribution is 4.62. The fourth-order valence-electron chi connectivity index (χ4n) is 1.76.